The molecule has 0 spiro atoms. The molecule has 2 aromatic rings. The molecule has 3 rings (SSSR count). The second-order valence-corrected chi connectivity index (χ2v) is 6.65. The quantitative estimate of drug-likeness (QED) is 0.803. The number of pyridine rings is 1. The lowest BCUT2D eigenvalue weighted by Crippen LogP contribution is -2.35. The summed E-state index contributed by atoms with van der Waals surface area (Å²) >= 11 is 0. The van der Waals surface area contributed by atoms with Crippen molar-refractivity contribution < 1.29 is 23.8 Å². The molecule has 29 heavy (non-hydrogen) atoms. The van der Waals surface area contributed by atoms with E-state index < -0.39 is 5.91 Å². The minimum atomic E-state index is -0.437. The summed E-state index contributed by atoms with van der Waals surface area (Å²) in [5.41, 5.74) is 1.07. The molecule has 8 nitrogen and oxygen atoms in total. The van der Waals surface area contributed by atoms with Crippen molar-refractivity contribution in [3.05, 3.63) is 41.7 Å². The van der Waals surface area contributed by atoms with Gasteiger partial charge in [-0.1, -0.05) is 0 Å². The van der Waals surface area contributed by atoms with E-state index in [9.17, 15) is 9.59 Å². The van der Waals surface area contributed by atoms with Crippen molar-refractivity contribution in [3.8, 4) is 17.2 Å². The zero-order valence-corrected chi connectivity index (χ0v) is 16.9. The van der Waals surface area contributed by atoms with Gasteiger partial charge >= 0.3 is 0 Å². The van der Waals surface area contributed by atoms with Gasteiger partial charge in [-0.3, -0.25) is 14.6 Å². The van der Waals surface area contributed by atoms with Crippen molar-refractivity contribution in [2.24, 2.45) is 0 Å². The summed E-state index contributed by atoms with van der Waals surface area (Å²) in [6, 6.07) is 6.40. The van der Waals surface area contributed by atoms with Crippen LogP contribution >= 0.6 is 0 Å². The van der Waals surface area contributed by atoms with Crippen LogP contribution in [0.15, 0.2) is 30.5 Å². The van der Waals surface area contributed by atoms with Gasteiger partial charge in [-0.2, -0.15) is 0 Å². The summed E-state index contributed by atoms with van der Waals surface area (Å²) in [5.74, 6) is 0.759. The van der Waals surface area contributed by atoms with Crippen LogP contribution in [0.4, 0.5) is 5.69 Å². The fourth-order valence-corrected chi connectivity index (χ4v) is 3.32. The van der Waals surface area contributed by atoms with Crippen molar-refractivity contribution in [1.29, 1.82) is 0 Å². The number of carbonyl (C=O) groups excluding carboxylic acids is 2. The molecule has 2 heterocycles. The second kappa shape index (κ2) is 9.27. The van der Waals surface area contributed by atoms with Crippen LogP contribution in [-0.4, -0.2) is 56.1 Å². The van der Waals surface area contributed by atoms with E-state index in [4.69, 9.17) is 14.2 Å². The first-order valence-electron chi connectivity index (χ1n) is 9.44. The number of methoxy groups -OCH3 is 3. The normalized spacial score (nSPS) is 13.6. The predicted octanol–water partition coefficient (Wildman–Crippen LogP) is 2.99. The Bertz CT molecular complexity index is 869. The van der Waals surface area contributed by atoms with Crippen LogP contribution in [0.5, 0.6) is 17.2 Å². The minimum Gasteiger partial charge on any atom is -0.493 e. The molecule has 1 N–H and O–H groups in total. The Hall–Kier alpha value is -3.29. The van der Waals surface area contributed by atoms with Gasteiger partial charge in [0.25, 0.3) is 11.8 Å². The first kappa shape index (κ1) is 20.4. The number of anilines is 1. The Morgan fingerprint density at radius 1 is 0.966 bits per heavy atom. The lowest BCUT2D eigenvalue weighted by molar-refractivity contribution is 0.0724. The van der Waals surface area contributed by atoms with Crippen LogP contribution in [0.2, 0.25) is 0 Å². The summed E-state index contributed by atoms with van der Waals surface area (Å²) < 4.78 is 15.9. The molecule has 1 fully saturated rings. The van der Waals surface area contributed by atoms with E-state index >= 15 is 0 Å². The van der Waals surface area contributed by atoms with Crippen LogP contribution in [-0.2, 0) is 0 Å². The van der Waals surface area contributed by atoms with E-state index in [-0.39, 0.29) is 11.6 Å². The van der Waals surface area contributed by atoms with Crippen molar-refractivity contribution >= 4 is 17.5 Å². The number of hydrogen-bond acceptors (Lipinski definition) is 6. The molecule has 0 saturated carbocycles. The number of benzene rings is 1. The molecule has 0 unspecified atom stereocenters. The van der Waals surface area contributed by atoms with E-state index in [0.717, 1.165) is 32.4 Å². The third-order valence-electron chi connectivity index (χ3n) is 4.81. The van der Waals surface area contributed by atoms with Crippen molar-refractivity contribution in [3.63, 3.8) is 0 Å². The highest BCUT2D eigenvalue weighted by molar-refractivity contribution is 6.05. The summed E-state index contributed by atoms with van der Waals surface area (Å²) in [7, 11) is 4.51. The molecule has 0 atom stereocenters. The number of nitrogens with zero attached hydrogens (tertiary/aromatic N) is 2. The number of nitrogens with one attached hydrogen (secondary N) is 1. The highest BCUT2D eigenvalue weighted by Gasteiger charge is 2.20. The van der Waals surface area contributed by atoms with E-state index in [0.29, 0.717) is 28.5 Å². The van der Waals surface area contributed by atoms with E-state index in [1.54, 1.807) is 18.2 Å². The van der Waals surface area contributed by atoms with Gasteiger partial charge < -0.3 is 24.4 Å². The summed E-state index contributed by atoms with van der Waals surface area (Å²) in [6.45, 7) is 1.49. The number of amides is 2. The summed E-state index contributed by atoms with van der Waals surface area (Å²) in [6.07, 6.45) is 4.63. The van der Waals surface area contributed by atoms with Gasteiger partial charge in [0.15, 0.2) is 11.5 Å². The van der Waals surface area contributed by atoms with Crippen molar-refractivity contribution in [2.45, 2.75) is 19.3 Å². The Balaban J connectivity index is 1.80. The molecule has 154 valence electrons. The molecule has 1 aromatic carbocycles. The van der Waals surface area contributed by atoms with Crippen LogP contribution < -0.4 is 19.5 Å². The van der Waals surface area contributed by atoms with E-state index in [1.165, 1.54) is 33.6 Å². The van der Waals surface area contributed by atoms with Crippen molar-refractivity contribution in [2.75, 3.05) is 39.7 Å². The molecular weight excluding hydrogens is 374 g/mol. The SMILES string of the molecule is COc1cc(NC(=O)c2cc(C(=O)N3CCCCC3)ccn2)cc(OC)c1OC. The number of carbonyl (C=O) groups is 2. The van der Waals surface area contributed by atoms with Gasteiger partial charge in [0.1, 0.15) is 5.69 Å². The lowest BCUT2D eigenvalue weighted by Gasteiger charge is -2.26. The third kappa shape index (κ3) is 4.59. The lowest BCUT2D eigenvalue weighted by atomic mass is 10.1. The molecule has 1 aliphatic heterocycles. The number of ether oxygens (including phenoxy) is 3. The van der Waals surface area contributed by atoms with Gasteiger partial charge in [0.05, 0.1) is 21.3 Å². The van der Waals surface area contributed by atoms with Crippen LogP contribution in [0.25, 0.3) is 0 Å². The Labute approximate surface area is 169 Å². The van der Waals surface area contributed by atoms with Gasteiger partial charge in [-0.25, -0.2) is 0 Å². The topological polar surface area (TPSA) is 90.0 Å². The number of likely N-dealkylation sites (tertiary alicyclic amines) is 1. The molecule has 1 aromatic heterocycles. The highest BCUT2D eigenvalue weighted by atomic mass is 16.5. The Morgan fingerprint density at radius 3 is 2.21 bits per heavy atom. The molecule has 1 aliphatic rings. The van der Waals surface area contributed by atoms with Gasteiger partial charge in [0, 0.05) is 42.7 Å². The first-order chi connectivity index (χ1) is 14.1. The molecule has 0 aliphatic carbocycles. The summed E-state index contributed by atoms with van der Waals surface area (Å²) in [5, 5.41) is 2.76. The Morgan fingerprint density at radius 2 is 1.62 bits per heavy atom. The van der Waals surface area contributed by atoms with Gasteiger partial charge in [0.2, 0.25) is 5.75 Å². The van der Waals surface area contributed by atoms with E-state index in [2.05, 4.69) is 10.3 Å². The molecule has 1 saturated heterocycles. The zero-order chi connectivity index (χ0) is 20.8. The standard InChI is InChI=1S/C21H25N3O5/c1-27-17-12-15(13-18(28-2)19(17)29-3)23-20(25)16-11-14(7-8-22-16)21(26)24-9-5-4-6-10-24/h7-8,11-13H,4-6,9-10H2,1-3H3,(H,23,25). The average Bonchev–Trinajstić information content (AvgIpc) is 2.78. The molecule has 2 amide bonds. The maximum absolute atomic E-state index is 12.7. The third-order valence-corrected chi connectivity index (χ3v) is 4.81. The van der Waals surface area contributed by atoms with Crippen LogP contribution in [0.3, 0.4) is 0 Å². The highest BCUT2D eigenvalue weighted by Crippen LogP contribution is 2.40. The fourth-order valence-electron chi connectivity index (χ4n) is 3.32. The van der Waals surface area contributed by atoms with Crippen LogP contribution in [0.1, 0.15) is 40.1 Å². The fraction of sp³-hybridized carbons (Fsp3) is 0.381. The van der Waals surface area contributed by atoms with E-state index in [1.807, 2.05) is 4.90 Å². The van der Waals surface area contributed by atoms with Gasteiger partial charge in [-0.15, -0.1) is 0 Å². The number of piperidine rings is 1. The maximum atomic E-state index is 12.7. The smallest absolute Gasteiger partial charge is 0.274 e. The second-order valence-electron chi connectivity index (χ2n) is 6.65. The average molecular weight is 399 g/mol. The molecule has 0 radical (unpaired) electrons. The molecule has 8 heteroatoms. The zero-order valence-electron chi connectivity index (χ0n) is 16.9. The molecular formula is C21H25N3O5. The maximum Gasteiger partial charge on any atom is 0.274 e. The van der Waals surface area contributed by atoms with Crippen molar-refractivity contribution in [1.82, 2.24) is 9.88 Å². The predicted molar refractivity (Wildman–Crippen MR) is 108 cm³/mol. The largest absolute Gasteiger partial charge is 0.493 e. The Kier molecular flexibility index (Phi) is 6.54. The minimum absolute atomic E-state index is 0.0751. The first-order valence-corrected chi connectivity index (χ1v) is 9.44. The number of aromatic nitrogens is 1. The monoisotopic (exact) mass is 399 g/mol. The number of hydrogen-bond donors (Lipinski definition) is 1. The van der Waals surface area contributed by atoms with Gasteiger partial charge in [-0.05, 0) is 31.4 Å². The number of rotatable bonds is 6. The molecule has 0 bridgehead atoms. The summed E-state index contributed by atoms with van der Waals surface area (Å²) in [4.78, 5) is 31.3. The van der Waals surface area contributed by atoms with Crippen LogP contribution in [0, 0.1) is 0 Å².